The van der Waals surface area contributed by atoms with Crippen molar-refractivity contribution in [2.75, 3.05) is 20.3 Å². The van der Waals surface area contributed by atoms with E-state index in [9.17, 15) is 9.90 Å². The molecule has 1 aliphatic rings. The Morgan fingerprint density at radius 2 is 1.78 bits per heavy atom. The molecule has 2 aromatic carbocycles. The number of carbonyl (C=O) groups excluding carboxylic acids is 1. The van der Waals surface area contributed by atoms with Gasteiger partial charge in [0.15, 0.2) is 0 Å². The number of carbonyl (C=O) groups is 1. The molecule has 0 aromatic heterocycles. The van der Waals surface area contributed by atoms with Crippen molar-refractivity contribution >= 4 is 23.3 Å². The van der Waals surface area contributed by atoms with Gasteiger partial charge in [0.2, 0.25) is 5.91 Å². The molecule has 4 atom stereocenters. The van der Waals surface area contributed by atoms with Gasteiger partial charge >= 0.3 is 0 Å². The highest BCUT2D eigenvalue weighted by Crippen LogP contribution is 2.23. The van der Waals surface area contributed by atoms with Crippen LogP contribution in [-0.4, -0.2) is 59.7 Å². The Bertz CT molecular complexity index is 863. The van der Waals surface area contributed by atoms with Crippen molar-refractivity contribution in [3.63, 3.8) is 0 Å². The third-order valence-corrected chi connectivity index (χ3v) is 5.98. The molecule has 0 bridgehead atoms. The van der Waals surface area contributed by atoms with Crippen LogP contribution in [0.4, 0.5) is 0 Å². The molecule has 172 valence electrons. The third-order valence-electron chi connectivity index (χ3n) is 5.66. The number of hydrogen-bond acceptors (Lipinski definition) is 6. The maximum Gasteiger partial charge on any atom is 0.266 e. The van der Waals surface area contributed by atoms with Crippen LogP contribution in [0.5, 0.6) is 0 Å². The largest absolute Gasteiger partial charge is 0.468 e. The van der Waals surface area contributed by atoms with E-state index in [4.69, 9.17) is 26.4 Å². The van der Waals surface area contributed by atoms with E-state index in [1.165, 1.54) is 4.90 Å². The maximum atomic E-state index is 13.2. The van der Waals surface area contributed by atoms with Gasteiger partial charge < -0.3 is 19.3 Å². The van der Waals surface area contributed by atoms with E-state index in [1.807, 2.05) is 60.7 Å². The van der Waals surface area contributed by atoms with Gasteiger partial charge in [-0.1, -0.05) is 67.6 Å². The Hall–Kier alpha value is -2.32. The number of amides is 1. The number of ether oxygens (including phenoxy) is 3. The van der Waals surface area contributed by atoms with Gasteiger partial charge in [-0.05, 0) is 29.8 Å². The number of nitrogens with zero attached hydrogens (tertiary/aromatic N) is 1. The van der Waals surface area contributed by atoms with Crippen molar-refractivity contribution in [2.24, 2.45) is 5.92 Å². The topological polar surface area (TPSA) is 68.2 Å². The van der Waals surface area contributed by atoms with Crippen molar-refractivity contribution < 1.29 is 24.1 Å². The molecule has 2 aromatic rings. The summed E-state index contributed by atoms with van der Waals surface area (Å²) in [7, 11) is 1.59. The standard InChI is InChI=1S/C25H31NO5S/c1-18(23(27)14-22(17-29-2)30-15-20-11-7-4-8-12-20)24(28)26-21(16-31-25(26)32)13-19-9-5-3-6-10-19/h3-12,18,21-23,27H,13-17H2,1-2H3/t18-,21-,22+,23+/m0/s1. The van der Waals surface area contributed by atoms with E-state index in [0.717, 1.165) is 11.1 Å². The molecule has 1 fully saturated rings. The van der Waals surface area contributed by atoms with Crippen LogP contribution in [0.3, 0.4) is 0 Å². The summed E-state index contributed by atoms with van der Waals surface area (Å²) in [6, 6.07) is 19.5. The van der Waals surface area contributed by atoms with Crippen molar-refractivity contribution in [3.05, 3.63) is 71.8 Å². The zero-order chi connectivity index (χ0) is 22.9. The van der Waals surface area contributed by atoms with Gasteiger partial charge in [0.25, 0.3) is 5.17 Å². The number of aliphatic hydroxyl groups is 1. The first kappa shape index (κ1) is 24.3. The molecule has 0 saturated carbocycles. The van der Waals surface area contributed by atoms with Crippen LogP contribution in [0.15, 0.2) is 60.7 Å². The number of hydrogen-bond donors (Lipinski definition) is 1. The van der Waals surface area contributed by atoms with Crippen LogP contribution >= 0.6 is 12.2 Å². The van der Waals surface area contributed by atoms with Crippen LogP contribution in [0.25, 0.3) is 0 Å². The summed E-state index contributed by atoms with van der Waals surface area (Å²) in [5.41, 5.74) is 2.14. The molecule has 0 radical (unpaired) electrons. The van der Waals surface area contributed by atoms with Gasteiger partial charge in [0, 0.05) is 13.5 Å². The fourth-order valence-electron chi connectivity index (χ4n) is 3.78. The van der Waals surface area contributed by atoms with Gasteiger partial charge in [0.05, 0.1) is 37.4 Å². The van der Waals surface area contributed by atoms with Crippen molar-refractivity contribution in [2.45, 2.75) is 44.6 Å². The van der Waals surface area contributed by atoms with Gasteiger partial charge in [-0.2, -0.15) is 0 Å². The van der Waals surface area contributed by atoms with Gasteiger partial charge in [-0.3, -0.25) is 9.69 Å². The molecule has 0 unspecified atom stereocenters. The minimum absolute atomic E-state index is 0.170. The minimum Gasteiger partial charge on any atom is -0.468 e. The average molecular weight is 458 g/mol. The lowest BCUT2D eigenvalue weighted by Crippen LogP contribution is -2.46. The normalized spacial score (nSPS) is 18.8. The maximum absolute atomic E-state index is 13.2. The second-order valence-electron chi connectivity index (χ2n) is 8.09. The Labute approximate surface area is 195 Å². The first-order valence-electron chi connectivity index (χ1n) is 10.9. The third kappa shape index (κ3) is 6.59. The highest BCUT2D eigenvalue weighted by atomic mass is 32.1. The summed E-state index contributed by atoms with van der Waals surface area (Å²) in [4.78, 5) is 14.8. The van der Waals surface area contributed by atoms with Crippen LogP contribution in [0.1, 0.15) is 24.5 Å². The molecule has 1 aliphatic heterocycles. The Morgan fingerprint density at radius 1 is 1.16 bits per heavy atom. The fourth-order valence-corrected chi connectivity index (χ4v) is 4.09. The number of rotatable bonds is 11. The van der Waals surface area contributed by atoms with Crippen LogP contribution in [-0.2, 0) is 32.0 Å². The van der Waals surface area contributed by atoms with Crippen molar-refractivity contribution in [1.82, 2.24) is 4.90 Å². The Balaban J connectivity index is 1.60. The first-order valence-corrected chi connectivity index (χ1v) is 11.3. The lowest BCUT2D eigenvalue weighted by Gasteiger charge is -2.28. The Morgan fingerprint density at radius 3 is 2.41 bits per heavy atom. The predicted octanol–water partition coefficient (Wildman–Crippen LogP) is 3.36. The van der Waals surface area contributed by atoms with E-state index in [0.29, 0.717) is 26.2 Å². The first-order chi connectivity index (χ1) is 15.5. The second kappa shape index (κ2) is 12.1. The zero-order valence-electron chi connectivity index (χ0n) is 18.6. The Kier molecular flexibility index (Phi) is 9.17. The molecule has 0 spiro atoms. The summed E-state index contributed by atoms with van der Waals surface area (Å²) in [5.74, 6) is -0.896. The van der Waals surface area contributed by atoms with E-state index >= 15 is 0 Å². The summed E-state index contributed by atoms with van der Waals surface area (Å²) in [5, 5.41) is 11.0. The molecule has 1 amide bonds. The summed E-state index contributed by atoms with van der Waals surface area (Å²) in [6.45, 7) is 2.81. The van der Waals surface area contributed by atoms with Crippen molar-refractivity contribution in [1.29, 1.82) is 0 Å². The molecule has 1 N–H and O–H groups in total. The molecule has 1 heterocycles. The minimum atomic E-state index is -0.904. The SMILES string of the molecule is COC[C@@H](C[C@@H](O)[C@H](C)C(=O)N1C(=S)OC[C@@H]1Cc1ccccc1)OCc1ccccc1. The summed E-state index contributed by atoms with van der Waals surface area (Å²) < 4.78 is 16.7. The highest BCUT2D eigenvalue weighted by molar-refractivity contribution is 7.80. The lowest BCUT2D eigenvalue weighted by atomic mass is 9.96. The molecular formula is C25H31NO5S. The van der Waals surface area contributed by atoms with Crippen molar-refractivity contribution in [3.8, 4) is 0 Å². The van der Waals surface area contributed by atoms with Crippen LogP contribution < -0.4 is 0 Å². The van der Waals surface area contributed by atoms with Gasteiger partial charge in [-0.15, -0.1) is 0 Å². The van der Waals surface area contributed by atoms with E-state index in [1.54, 1.807) is 14.0 Å². The monoisotopic (exact) mass is 457 g/mol. The highest BCUT2D eigenvalue weighted by Gasteiger charge is 2.39. The summed E-state index contributed by atoms with van der Waals surface area (Å²) >= 11 is 5.30. The molecule has 3 rings (SSSR count). The van der Waals surface area contributed by atoms with Gasteiger partial charge in [-0.25, -0.2) is 0 Å². The number of benzene rings is 2. The van der Waals surface area contributed by atoms with Gasteiger partial charge in [0.1, 0.15) is 6.61 Å². The fraction of sp³-hybridized carbons (Fsp3) is 0.440. The number of aliphatic hydroxyl groups excluding tert-OH is 1. The lowest BCUT2D eigenvalue weighted by molar-refractivity contribution is -0.136. The quantitative estimate of drug-likeness (QED) is 0.522. The molecule has 6 nitrogen and oxygen atoms in total. The zero-order valence-corrected chi connectivity index (χ0v) is 19.4. The second-order valence-corrected chi connectivity index (χ2v) is 8.44. The van der Waals surface area contributed by atoms with E-state index in [-0.39, 0.29) is 29.6 Å². The summed E-state index contributed by atoms with van der Waals surface area (Å²) in [6.07, 6.45) is -0.327. The van der Waals surface area contributed by atoms with E-state index < -0.39 is 12.0 Å². The van der Waals surface area contributed by atoms with E-state index in [2.05, 4.69) is 0 Å². The molecule has 32 heavy (non-hydrogen) atoms. The predicted molar refractivity (Wildman–Crippen MR) is 126 cm³/mol. The molecule has 0 aliphatic carbocycles. The smallest absolute Gasteiger partial charge is 0.266 e. The molecule has 7 heteroatoms. The van der Waals surface area contributed by atoms with Crippen LogP contribution in [0.2, 0.25) is 0 Å². The number of thiocarbonyl (C=S) groups is 1. The average Bonchev–Trinajstić information content (AvgIpc) is 3.17. The number of methoxy groups -OCH3 is 1. The van der Waals surface area contributed by atoms with Crippen LogP contribution in [0, 0.1) is 5.92 Å². The molecular weight excluding hydrogens is 426 g/mol. The molecule has 1 saturated heterocycles.